The number of halogens is 1. The number of carbonyl (C=O) groups excluding carboxylic acids is 1. The fourth-order valence-corrected chi connectivity index (χ4v) is 4.11. The first-order chi connectivity index (χ1) is 9.97. The second-order valence-electron chi connectivity index (χ2n) is 5.92. The van der Waals surface area contributed by atoms with E-state index in [1.807, 2.05) is 0 Å². The van der Waals surface area contributed by atoms with Crippen molar-refractivity contribution >= 4 is 33.5 Å². The number of nitrogens with two attached hydrogens (primary N) is 1. The molecular weight excluding hydrogens is 336 g/mol. The van der Waals surface area contributed by atoms with Crippen LogP contribution in [0.1, 0.15) is 29.6 Å². The molecule has 4 unspecified atom stereocenters. The van der Waals surface area contributed by atoms with Gasteiger partial charge < -0.3 is 16.2 Å². The van der Waals surface area contributed by atoms with E-state index in [0.29, 0.717) is 17.5 Å². The molecule has 21 heavy (non-hydrogen) atoms. The monoisotopic (exact) mass is 352 g/mol. The van der Waals surface area contributed by atoms with Crippen molar-refractivity contribution in [1.29, 1.82) is 0 Å². The summed E-state index contributed by atoms with van der Waals surface area (Å²) in [6.45, 7) is 0. The van der Waals surface area contributed by atoms with Crippen LogP contribution in [0.15, 0.2) is 22.7 Å². The Balaban J connectivity index is 1.82. The van der Waals surface area contributed by atoms with Crippen LogP contribution < -0.4 is 11.1 Å². The summed E-state index contributed by atoms with van der Waals surface area (Å²) in [5.74, 6) is -0.646. The lowest BCUT2D eigenvalue weighted by atomic mass is 9.84. The minimum absolute atomic E-state index is 0.0864. The number of amides is 1. The first-order valence-corrected chi connectivity index (χ1v) is 7.86. The molecule has 1 amide bonds. The third-order valence-corrected chi connectivity index (χ3v) is 5.25. The van der Waals surface area contributed by atoms with E-state index in [1.54, 1.807) is 12.1 Å². The molecule has 0 aromatic heterocycles. The Bertz CT molecular complexity index is 603. The molecule has 1 aromatic carbocycles. The largest absolute Gasteiger partial charge is 0.478 e. The zero-order chi connectivity index (χ0) is 15.1. The van der Waals surface area contributed by atoms with Gasteiger partial charge in [0.2, 0.25) is 5.91 Å². The van der Waals surface area contributed by atoms with Gasteiger partial charge in [-0.25, -0.2) is 4.79 Å². The van der Waals surface area contributed by atoms with Crippen molar-refractivity contribution in [2.24, 2.45) is 23.5 Å². The first kappa shape index (κ1) is 14.5. The smallest absolute Gasteiger partial charge is 0.337 e. The lowest BCUT2D eigenvalue weighted by Gasteiger charge is -2.27. The van der Waals surface area contributed by atoms with Crippen LogP contribution in [0.2, 0.25) is 0 Å². The normalized spacial score (nSPS) is 30.4. The summed E-state index contributed by atoms with van der Waals surface area (Å²) in [5.41, 5.74) is 6.56. The molecule has 2 aliphatic carbocycles. The summed E-state index contributed by atoms with van der Waals surface area (Å²) < 4.78 is 0.722. The van der Waals surface area contributed by atoms with Crippen LogP contribution >= 0.6 is 15.9 Å². The Hall–Kier alpha value is -1.40. The van der Waals surface area contributed by atoms with Crippen LogP contribution in [0.25, 0.3) is 0 Å². The van der Waals surface area contributed by atoms with E-state index in [-0.39, 0.29) is 23.4 Å². The Labute approximate surface area is 131 Å². The molecule has 4 N–H and O–H groups in total. The van der Waals surface area contributed by atoms with Gasteiger partial charge in [0.1, 0.15) is 0 Å². The average molecular weight is 353 g/mol. The van der Waals surface area contributed by atoms with Gasteiger partial charge in [-0.2, -0.15) is 0 Å². The van der Waals surface area contributed by atoms with Gasteiger partial charge in [-0.3, -0.25) is 4.79 Å². The van der Waals surface area contributed by atoms with E-state index in [0.717, 1.165) is 23.7 Å². The van der Waals surface area contributed by atoms with Crippen molar-refractivity contribution in [2.75, 3.05) is 5.32 Å². The van der Waals surface area contributed by atoms with Crippen molar-refractivity contribution in [1.82, 2.24) is 0 Å². The van der Waals surface area contributed by atoms with Crippen LogP contribution in [0.4, 0.5) is 5.69 Å². The lowest BCUT2D eigenvalue weighted by molar-refractivity contribution is -0.121. The molecule has 4 atom stereocenters. The van der Waals surface area contributed by atoms with Gasteiger partial charge in [0.25, 0.3) is 0 Å². The molecular formula is C15H17BrN2O3. The molecule has 5 nitrogen and oxygen atoms in total. The Morgan fingerprint density at radius 2 is 2.00 bits per heavy atom. The second-order valence-corrected chi connectivity index (χ2v) is 6.84. The molecule has 2 saturated carbocycles. The molecule has 0 spiro atoms. The second kappa shape index (κ2) is 5.42. The average Bonchev–Trinajstić information content (AvgIpc) is 2.98. The number of hydrogen-bond acceptors (Lipinski definition) is 3. The Morgan fingerprint density at radius 1 is 1.29 bits per heavy atom. The highest BCUT2D eigenvalue weighted by atomic mass is 79.9. The van der Waals surface area contributed by atoms with Gasteiger partial charge in [-0.05, 0) is 49.3 Å². The number of nitrogens with one attached hydrogen (secondary N) is 1. The number of rotatable bonds is 3. The van der Waals surface area contributed by atoms with Gasteiger partial charge in [0.15, 0.2) is 0 Å². The third kappa shape index (κ3) is 2.58. The van der Waals surface area contributed by atoms with Crippen molar-refractivity contribution in [3.05, 3.63) is 28.2 Å². The minimum atomic E-state index is -1.06. The maximum Gasteiger partial charge on any atom is 0.337 e. The summed E-state index contributed by atoms with van der Waals surface area (Å²) in [5, 5.41) is 12.0. The number of aromatic carboxylic acids is 1. The standard InChI is InChI=1S/C15H17BrN2O3/c16-9-3-4-10(15(20)21)11(6-9)18-14(19)12-7-1-2-8(5-7)13(12)17/h3-4,6-8,12-13H,1-2,5,17H2,(H,18,19)(H,20,21). The van der Waals surface area contributed by atoms with Crippen LogP contribution in [-0.4, -0.2) is 23.0 Å². The SMILES string of the molecule is NC1C2CCC(C2)C1C(=O)Nc1cc(Br)ccc1C(=O)O. The van der Waals surface area contributed by atoms with E-state index in [4.69, 9.17) is 5.73 Å². The topological polar surface area (TPSA) is 92.4 Å². The summed E-state index contributed by atoms with van der Waals surface area (Å²) in [6.07, 6.45) is 3.16. The van der Waals surface area contributed by atoms with E-state index >= 15 is 0 Å². The quantitative estimate of drug-likeness (QED) is 0.778. The highest BCUT2D eigenvalue weighted by molar-refractivity contribution is 9.10. The zero-order valence-electron chi connectivity index (χ0n) is 11.4. The minimum Gasteiger partial charge on any atom is -0.478 e. The number of carboxylic acid groups (broad SMARTS) is 1. The van der Waals surface area contributed by atoms with Crippen LogP contribution in [0, 0.1) is 17.8 Å². The highest BCUT2D eigenvalue weighted by Crippen LogP contribution is 2.48. The van der Waals surface area contributed by atoms with Crippen molar-refractivity contribution in [3.63, 3.8) is 0 Å². The molecule has 2 aliphatic rings. The molecule has 0 heterocycles. The van der Waals surface area contributed by atoms with Crippen LogP contribution in [-0.2, 0) is 4.79 Å². The zero-order valence-corrected chi connectivity index (χ0v) is 13.0. The van der Waals surface area contributed by atoms with Crippen LogP contribution in [0.5, 0.6) is 0 Å². The fraction of sp³-hybridized carbons (Fsp3) is 0.467. The van der Waals surface area contributed by atoms with E-state index in [2.05, 4.69) is 21.2 Å². The van der Waals surface area contributed by atoms with Crippen molar-refractivity contribution < 1.29 is 14.7 Å². The lowest BCUT2D eigenvalue weighted by Crippen LogP contribution is -2.42. The number of carbonyl (C=O) groups is 2. The van der Waals surface area contributed by atoms with Gasteiger partial charge in [-0.1, -0.05) is 15.9 Å². The molecule has 0 saturated heterocycles. The first-order valence-electron chi connectivity index (χ1n) is 7.06. The number of anilines is 1. The molecule has 2 fully saturated rings. The highest BCUT2D eigenvalue weighted by Gasteiger charge is 2.49. The van der Waals surface area contributed by atoms with Crippen molar-refractivity contribution in [2.45, 2.75) is 25.3 Å². The number of benzene rings is 1. The van der Waals surface area contributed by atoms with E-state index in [9.17, 15) is 14.7 Å². The van der Waals surface area contributed by atoms with Crippen LogP contribution in [0.3, 0.4) is 0 Å². The van der Waals surface area contributed by atoms with E-state index < -0.39 is 5.97 Å². The molecule has 1 aromatic rings. The molecule has 6 heteroatoms. The fourth-order valence-electron chi connectivity index (χ4n) is 3.75. The van der Waals surface area contributed by atoms with Gasteiger partial charge in [0.05, 0.1) is 17.2 Å². The summed E-state index contributed by atoms with van der Waals surface area (Å²) in [7, 11) is 0. The Morgan fingerprint density at radius 3 is 2.62 bits per heavy atom. The predicted octanol–water partition coefficient (Wildman–Crippen LogP) is 2.46. The van der Waals surface area contributed by atoms with Gasteiger partial charge in [-0.15, -0.1) is 0 Å². The summed E-state index contributed by atoms with van der Waals surface area (Å²) >= 11 is 3.29. The predicted molar refractivity (Wildman–Crippen MR) is 82.0 cm³/mol. The molecule has 0 aliphatic heterocycles. The summed E-state index contributed by atoms with van der Waals surface area (Å²) in [4.78, 5) is 23.7. The third-order valence-electron chi connectivity index (χ3n) is 4.75. The van der Waals surface area contributed by atoms with Gasteiger partial charge in [0, 0.05) is 10.5 Å². The number of carboxylic acids is 1. The molecule has 2 bridgehead atoms. The molecule has 112 valence electrons. The maximum atomic E-state index is 12.5. The van der Waals surface area contributed by atoms with Gasteiger partial charge >= 0.3 is 5.97 Å². The van der Waals surface area contributed by atoms with Crippen molar-refractivity contribution in [3.8, 4) is 0 Å². The van der Waals surface area contributed by atoms with E-state index in [1.165, 1.54) is 6.07 Å². The maximum absolute atomic E-state index is 12.5. The number of fused-ring (bicyclic) bond motifs is 2. The molecule has 0 radical (unpaired) electrons. The molecule has 3 rings (SSSR count). The summed E-state index contributed by atoms with van der Waals surface area (Å²) in [6, 6.07) is 4.62. The number of hydrogen-bond donors (Lipinski definition) is 3. The Kier molecular flexibility index (Phi) is 3.75.